The molecule has 0 aliphatic rings. The predicted molar refractivity (Wildman–Crippen MR) is 80.6 cm³/mol. The van der Waals surface area contributed by atoms with Gasteiger partial charge in [-0.3, -0.25) is 5.10 Å². The summed E-state index contributed by atoms with van der Waals surface area (Å²) in [6.45, 7) is -0.0190. The molecule has 0 aliphatic heterocycles. The Morgan fingerprint density at radius 1 is 1.19 bits per heavy atom. The number of hydrogen-bond acceptors (Lipinski definition) is 4. The number of aromatic nitrogens is 4. The topological polar surface area (TPSA) is 92.2 Å². The Balaban J connectivity index is 2.02. The van der Waals surface area contributed by atoms with Crippen molar-refractivity contribution < 1.29 is 5.11 Å². The summed E-state index contributed by atoms with van der Waals surface area (Å²) in [5, 5.41) is 16.2. The lowest BCUT2D eigenvalue weighted by Crippen LogP contribution is -1.97. The molecule has 3 heterocycles. The Bertz CT molecular complexity index is 940. The zero-order valence-electron chi connectivity index (χ0n) is 11.1. The average Bonchev–Trinajstić information content (AvgIpc) is 3.16. The molecular weight excluding hydrogens is 266 g/mol. The summed E-state index contributed by atoms with van der Waals surface area (Å²) in [5.41, 5.74) is 11.3. The van der Waals surface area contributed by atoms with Gasteiger partial charge in [-0.05, 0) is 29.8 Å². The van der Waals surface area contributed by atoms with E-state index in [2.05, 4.69) is 15.2 Å². The number of benzene rings is 1. The first kappa shape index (κ1) is 11.9. The van der Waals surface area contributed by atoms with Crippen molar-refractivity contribution in [2.75, 3.05) is 5.73 Å². The highest BCUT2D eigenvalue weighted by Gasteiger charge is 2.09. The molecule has 3 aromatic heterocycles. The van der Waals surface area contributed by atoms with E-state index in [0.717, 1.165) is 33.4 Å². The Labute approximate surface area is 119 Å². The predicted octanol–water partition coefficient (Wildman–Crippen LogP) is 1.95. The Morgan fingerprint density at radius 3 is 2.86 bits per heavy atom. The van der Waals surface area contributed by atoms with Gasteiger partial charge in [-0.1, -0.05) is 6.07 Å². The van der Waals surface area contributed by atoms with E-state index in [0.29, 0.717) is 5.82 Å². The maximum Gasteiger partial charge on any atom is 0.148 e. The molecule has 21 heavy (non-hydrogen) atoms. The van der Waals surface area contributed by atoms with Crippen LogP contribution in [0.4, 0.5) is 5.82 Å². The molecule has 1 aromatic carbocycles. The third-order valence-electron chi connectivity index (χ3n) is 3.61. The minimum atomic E-state index is -0.0190. The molecule has 0 saturated carbocycles. The van der Waals surface area contributed by atoms with Crippen molar-refractivity contribution in [2.24, 2.45) is 0 Å². The van der Waals surface area contributed by atoms with Gasteiger partial charge in [-0.2, -0.15) is 5.10 Å². The standard InChI is InChI=1S/C15H13N5O/c16-15-14-5-9(8-21)7-20(14)13-2-1-10(6-12(13)18-15)11-3-4-17-19-11/h1-7,21H,8H2,(H2,16,18)(H,17,19). The molecule has 0 fully saturated rings. The van der Waals surface area contributed by atoms with Gasteiger partial charge in [0, 0.05) is 18.0 Å². The monoisotopic (exact) mass is 279 g/mol. The number of aliphatic hydroxyl groups is 1. The van der Waals surface area contributed by atoms with Gasteiger partial charge in [0.1, 0.15) is 5.82 Å². The molecule has 0 unspecified atom stereocenters. The zero-order chi connectivity index (χ0) is 14.4. The molecule has 4 rings (SSSR count). The van der Waals surface area contributed by atoms with E-state index in [1.807, 2.05) is 40.9 Å². The molecule has 0 aliphatic carbocycles. The van der Waals surface area contributed by atoms with Crippen LogP contribution in [0.2, 0.25) is 0 Å². The highest BCUT2D eigenvalue weighted by molar-refractivity contribution is 5.87. The van der Waals surface area contributed by atoms with E-state index in [4.69, 9.17) is 5.73 Å². The van der Waals surface area contributed by atoms with E-state index in [9.17, 15) is 5.11 Å². The molecule has 0 spiro atoms. The highest BCUT2D eigenvalue weighted by atomic mass is 16.3. The minimum absolute atomic E-state index is 0.0190. The van der Waals surface area contributed by atoms with Crippen LogP contribution < -0.4 is 5.73 Å². The second kappa shape index (κ2) is 4.32. The molecular formula is C15H13N5O. The average molecular weight is 279 g/mol. The van der Waals surface area contributed by atoms with Crippen LogP contribution in [0.3, 0.4) is 0 Å². The third-order valence-corrected chi connectivity index (χ3v) is 3.61. The van der Waals surface area contributed by atoms with Gasteiger partial charge in [-0.15, -0.1) is 0 Å². The normalized spacial score (nSPS) is 11.5. The molecule has 0 bridgehead atoms. The van der Waals surface area contributed by atoms with Crippen molar-refractivity contribution >= 4 is 22.4 Å². The summed E-state index contributed by atoms with van der Waals surface area (Å²) in [4.78, 5) is 4.46. The van der Waals surface area contributed by atoms with Gasteiger partial charge >= 0.3 is 0 Å². The number of nitrogens with two attached hydrogens (primary N) is 1. The Hall–Kier alpha value is -2.86. The van der Waals surface area contributed by atoms with E-state index in [-0.39, 0.29) is 6.61 Å². The quantitative estimate of drug-likeness (QED) is 0.523. The molecule has 6 heteroatoms. The number of fused-ring (bicyclic) bond motifs is 3. The maximum absolute atomic E-state index is 9.29. The van der Waals surface area contributed by atoms with Gasteiger partial charge in [0.05, 0.1) is 28.9 Å². The van der Waals surface area contributed by atoms with Crippen LogP contribution in [-0.2, 0) is 6.61 Å². The van der Waals surface area contributed by atoms with Crippen molar-refractivity contribution in [1.82, 2.24) is 19.6 Å². The fourth-order valence-electron chi connectivity index (χ4n) is 2.59. The summed E-state index contributed by atoms with van der Waals surface area (Å²) in [6.07, 6.45) is 3.59. The van der Waals surface area contributed by atoms with Crippen molar-refractivity contribution in [1.29, 1.82) is 0 Å². The Kier molecular flexibility index (Phi) is 2.45. The van der Waals surface area contributed by atoms with E-state index >= 15 is 0 Å². The number of aliphatic hydroxyl groups excluding tert-OH is 1. The smallest absolute Gasteiger partial charge is 0.148 e. The lowest BCUT2D eigenvalue weighted by Gasteiger charge is -2.06. The maximum atomic E-state index is 9.29. The van der Waals surface area contributed by atoms with Crippen molar-refractivity contribution in [3.8, 4) is 11.3 Å². The molecule has 0 saturated heterocycles. The molecule has 0 atom stereocenters. The van der Waals surface area contributed by atoms with Crippen LogP contribution in [0.1, 0.15) is 5.56 Å². The number of aromatic amines is 1. The third kappa shape index (κ3) is 1.77. The van der Waals surface area contributed by atoms with Crippen molar-refractivity contribution in [2.45, 2.75) is 6.61 Å². The fraction of sp³-hybridized carbons (Fsp3) is 0.0667. The van der Waals surface area contributed by atoms with Gasteiger partial charge in [0.2, 0.25) is 0 Å². The van der Waals surface area contributed by atoms with Gasteiger partial charge in [0.15, 0.2) is 0 Å². The van der Waals surface area contributed by atoms with E-state index < -0.39 is 0 Å². The van der Waals surface area contributed by atoms with Gasteiger partial charge < -0.3 is 15.2 Å². The molecule has 6 nitrogen and oxygen atoms in total. The van der Waals surface area contributed by atoms with E-state index in [1.54, 1.807) is 6.20 Å². The summed E-state index contributed by atoms with van der Waals surface area (Å²) < 4.78 is 1.96. The van der Waals surface area contributed by atoms with E-state index in [1.165, 1.54) is 0 Å². The fourth-order valence-corrected chi connectivity index (χ4v) is 2.59. The SMILES string of the molecule is Nc1nc2cc(-c3ccn[nH]3)ccc2n2cc(CO)cc12. The number of nitrogens with one attached hydrogen (secondary N) is 1. The lowest BCUT2D eigenvalue weighted by molar-refractivity contribution is 0.282. The first-order valence-electron chi connectivity index (χ1n) is 6.57. The summed E-state index contributed by atoms with van der Waals surface area (Å²) >= 11 is 0. The van der Waals surface area contributed by atoms with Crippen LogP contribution in [0, 0.1) is 0 Å². The van der Waals surface area contributed by atoms with Crippen molar-refractivity contribution in [3.05, 3.63) is 48.3 Å². The number of rotatable bonds is 2. The molecule has 4 aromatic rings. The highest BCUT2D eigenvalue weighted by Crippen LogP contribution is 2.26. The van der Waals surface area contributed by atoms with Gasteiger partial charge in [-0.25, -0.2) is 4.98 Å². The first-order valence-corrected chi connectivity index (χ1v) is 6.57. The summed E-state index contributed by atoms with van der Waals surface area (Å²) in [6, 6.07) is 9.72. The number of H-pyrrole nitrogens is 1. The minimum Gasteiger partial charge on any atom is -0.392 e. The second-order valence-electron chi connectivity index (χ2n) is 4.93. The number of hydrogen-bond donors (Lipinski definition) is 3. The molecule has 0 amide bonds. The van der Waals surface area contributed by atoms with Crippen LogP contribution in [0.15, 0.2) is 42.7 Å². The summed E-state index contributed by atoms with van der Waals surface area (Å²) in [7, 11) is 0. The number of anilines is 1. The lowest BCUT2D eigenvalue weighted by atomic mass is 10.1. The zero-order valence-corrected chi connectivity index (χ0v) is 11.1. The van der Waals surface area contributed by atoms with Crippen molar-refractivity contribution in [3.63, 3.8) is 0 Å². The summed E-state index contributed by atoms with van der Waals surface area (Å²) in [5.74, 6) is 0.448. The van der Waals surface area contributed by atoms with Crippen LogP contribution >= 0.6 is 0 Å². The first-order chi connectivity index (χ1) is 10.3. The van der Waals surface area contributed by atoms with Crippen LogP contribution in [-0.4, -0.2) is 24.7 Å². The molecule has 4 N–H and O–H groups in total. The number of nitrogens with zero attached hydrogens (tertiary/aromatic N) is 3. The molecule has 104 valence electrons. The second-order valence-corrected chi connectivity index (χ2v) is 4.93. The largest absolute Gasteiger partial charge is 0.392 e. The van der Waals surface area contributed by atoms with Gasteiger partial charge in [0.25, 0.3) is 0 Å². The van der Waals surface area contributed by atoms with Crippen LogP contribution in [0.5, 0.6) is 0 Å². The molecule has 0 radical (unpaired) electrons. The number of nitrogen functional groups attached to an aromatic ring is 1. The Morgan fingerprint density at radius 2 is 2.10 bits per heavy atom. The van der Waals surface area contributed by atoms with Crippen LogP contribution in [0.25, 0.3) is 27.8 Å².